The van der Waals surface area contributed by atoms with E-state index in [1.165, 1.54) is 10.6 Å². The highest BCUT2D eigenvalue weighted by atomic mass is 32.2. The fraction of sp³-hybridized carbons (Fsp3) is 0.917. The maximum absolute atomic E-state index is 11.8. The van der Waals surface area contributed by atoms with Crippen LogP contribution in [0.2, 0.25) is 0 Å². The van der Waals surface area contributed by atoms with E-state index >= 15 is 0 Å². The van der Waals surface area contributed by atoms with E-state index in [9.17, 15) is 13.2 Å². The summed E-state index contributed by atoms with van der Waals surface area (Å²) in [4.78, 5) is 11.8. The molecule has 110 valence electrons. The van der Waals surface area contributed by atoms with Crippen molar-refractivity contribution < 1.29 is 13.2 Å². The van der Waals surface area contributed by atoms with Crippen molar-refractivity contribution in [2.75, 3.05) is 32.4 Å². The zero-order valence-electron chi connectivity index (χ0n) is 11.4. The third kappa shape index (κ3) is 4.15. The number of hydrogen-bond acceptors (Lipinski definition) is 4. The minimum Gasteiger partial charge on any atom is -0.354 e. The molecule has 2 heterocycles. The first-order chi connectivity index (χ1) is 8.97. The van der Waals surface area contributed by atoms with Crippen molar-refractivity contribution in [3.8, 4) is 0 Å². The fourth-order valence-electron chi connectivity index (χ4n) is 2.72. The number of sulfonamides is 1. The average molecular weight is 289 g/mol. The van der Waals surface area contributed by atoms with Crippen LogP contribution in [0, 0.1) is 5.92 Å². The predicted molar refractivity (Wildman–Crippen MR) is 73.2 cm³/mol. The molecule has 0 saturated carbocycles. The number of nitrogens with one attached hydrogen (secondary N) is 2. The normalized spacial score (nSPS) is 26.5. The lowest BCUT2D eigenvalue weighted by atomic mass is 9.98. The molecule has 2 aliphatic rings. The Morgan fingerprint density at radius 3 is 2.53 bits per heavy atom. The van der Waals surface area contributed by atoms with Crippen molar-refractivity contribution in [1.29, 1.82) is 0 Å². The minimum absolute atomic E-state index is 0.0314. The van der Waals surface area contributed by atoms with Gasteiger partial charge < -0.3 is 10.6 Å². The molecule has 0 bridgehead atoms. The van der Waals surface area contributed by atoms with E-state index in [1.807, 2.05) is 0 Å². The van der Waals surface area contributed by atoms with Gasteiger partial charge in [0.25, 0.3) is 0 Å². The van der Waals surface area contributed by atoms with Crippen LogP contribution in [0.25, 0.3) is 0 Å². The van der Waals surface area contributed by atoms with Gasteiger partial charge in [-0.2, -0.15) is 0 Å². The van der Waals surface area contributed by atoms with Crippen LogP contribution in [0.5, 0.6) is 0 Å². The molecule has 2 rings (SSSR count). The topological polar surface area (TPSA) is 78.5 Å². The van der Waals surface area contributed by atoms with Crippen LogP contribution in [0.4, 0.5) is 0 Å². The molecule has 2 aliphatic heterocycles. The van der Waals surface area contributed by atoms with Gasteiger partial charge in [0.1, 0.15) is 0 Å². The molecule has 1 atom stereocenters. The zero-order chi connectivity index (χ0) is 13.9. The summed E-state index contributed by atoms with van der Waals surface area (Å²) in [5.41, 5.74) is 0. The highest BCUT2D eigenvalue weighted by Gasteiger charge is 2.26. The molecule has 19 heavy (non-hydrogen) atoms. The highest BCUT2D eigenvalue weighted by molar-refractivity contribution is 7.88. The van der Waals surface area contributed by atoms with Crippen molar-refractivity contribution >= 4 is 15.9 Å². The van der Waals surface area contributed by atoms with Gasteiger partial charge in [0.05, 0.1) is 12.3 Å². The van der Waals surface area contributed by atoms with Gasteiger partial charge in [-0.05, 0) is 38.1 Å². The molecule has 0 aromatic carbocycles. The number of carbonyl (C=O) groups excluding carboxylic acids is 1. The van der Waals surface area contributed by atoms with Crippen molar-refractivity contribution in [3.63, 3.8) is 0 Å². The fourth-order valence-corrected chi connectivity index (χ4v) is 3.60. The van der Waals surface area contributed by atoms with Gasteiger partial charge in [0, 0.05) is 19.6 Å². The number of rotatable bonds is 4. The molecular weight excluding hydrogens is 266 g/mol. The molecule has 7 heteroatoms. The van der Waals surface area contributed by atoms with E-state index < -0.39 is 10.0 Å². The monoisotopic (exact) mass is 289 g/mol. The molecule has 0 spiro atoms. The van der Waals surface area contributed by atoms with Crippen molar-refractivity contribution in [2.45, 2.75) is 31.7 Å². The lowest BCUT2D eigenvalue weighted by Gasteiger charge is -2.30. The van der Waals surface area contributed by atoms with Gasteiger partial charge in [-0.3, -0.25) is 4.79 Å². The van der Waals surface area contributed by atoms with E-state index in [-0.39, 0.29) is 11.9 Å². The maximum Gasteiger partial charge on any atom is 0.237 e. The van der Waals surface area contributed by atoms with Crippen LogP contribution < -0.4 is 10.6 Å². The zero-order valence-corrected chi connectivity index (χ0v) is 12.2. The number of piperidine rings is 1. The Bertz CT molecular complexity index is 410. The van der Waals surface area contributed by atoms with E-state index in [4.69, 9.17) is 0 Å². The van der Waals surface area contributed by atoms with Crippen molar-refractivity contribution in [3.05, 3.63) is 0 Å². The summed E-state index contributed by atoms with van der Waals surface area (Å²) in [7, 11) is -3.06. The van der Waals surface area contributed by atoms with E-state index in [2.05, 4.69) is 10.6 Å². The number of nitrogens with zero attached hydrogens (tertiary/aromatic N) is 1. The van der Waals surface area contributed by atoms with Gasteiger partial charge in [-0.25, -0.2) is 12.7 Å². The first kappa shape index (κ1) is 14.7. The smallest absolute Gasteiger partial charge is 0.237 e. The lowest BCUT2D eigenvalue weighted by molar-refractivity contribution is -0.123. The Kier molecular flexibility index (Phi) is 4.81. The van der Waals surface area contributed by atoms with Gasteiger partial charge >= 0.3 is 0 Å². The van der Waals surface area contributed by atoms with Crippen LogP contribution in [0.3, 0.4) is 0 Å². The molecule has 0 aliphatic carbocycles. The van der Waals surface area contributed by atoms with Crippen molar-refractivity contribution in [2.24, 2.45) is 5.92 Å². The first-order valence-corrected chi connectivity index (χ1v) is 8.78. The largest absolute Gasteiger partial charge is 0.354 e. The van der Waals surface area contributed by atoms with E-state index in [0.717, 1.165) is 32.2 Å². The third-order valence-electron chi connectivity index (χ3n) is 3.98. The molecule has 6 nitrogen and oxygen atoms in total. The third-order valence-corrected chi connectivity index (χ3v) is 5.29. The van der Waals surface area contributed by atoms with E-state index in [0.29, 0.717) is 25.6 Å². The van der Waals surface area contributed by atoms with Gasteiger partial charge in [-0.15, -0.1) is 0 Å². The molecule has 1 amide bonds. The first-order valence-electron chi connectivity index (χ1n) is 6.93. The summed E-state index contributed by atoms with van der Waals surface area (Å²) in [5, 5.41) is 6.15. The Labute approximate surface area is 115 Å². The van der Waals surface area contributed by atoms with Crippen LogP contribution in [-0.2, 0) is 14.8 Å². The molecular formula is C12H23N3O3S. The molecule has 1 unspecified atom stereocenters. The Hall–Kier alpha value is -0.660. The lowest BCUT2D eigenvalue weighted by Crippen LogP contribution is -2.45. The van der Waals surface area contributed by atoms with Crippen LogP contribution >= 0.6 is 0 Å². The second-order valence-electron chi connectivity index (χ2n) is 5.50. The molecule has 2 saturated heterocycles. The highest BCUT2D eigenvalue weighted by Crippen LogP contribution is 2.18. The Balaban J connectivity index is 1.69. The molecule has 0 aromatic heterocycles. The van der Waals surface area contributed by atoms with Gasteiger partial charge in [-0.1, -0.05) is 0 Å². The second kappa shape index (κ2) is 6.19. The number of hydrogen-bond donors (Lipinski definition) is 2. The minimum atomic E-state index is -3.06. The standard InChI is InChI=1S/C12H23N3O3S/c1-19(17,18)15-7-4-10(5-8-15)9-14-12(16)11-3-2-6-13-11/h10-11,13H,2-9H2,1H3,(H,14,16). The van der Waals surface area contributed by atoms with Crippen molar-refractivity contribution in [1.82, 2.24) is 14.9 Å². The molecule has 2 N–H and O–H groups in total. The van der Waals surface area contributed by atoms with Crippen LogP contribution in [-0.4, -0.2) is 57.1 Å². The predicted octanol–water partition coefficient (Wildman–Crippen LogP) is -0.474. The maximum atomic E-state index is 11.8. The van der Waals surface area contributed by atoms with Crippen LogP contribution in [0.1, 0.15) is 25.7 Å². The Morgan fingerprint density at radius 1 is 1.32 bits per heavy atom. The summed E-state index contributed by atoms with van der Waals surface area (Å²) in [6, 6.07) is -0.0314. The SMILES string of the molecule is CS(=O)(=O)N1CCC(CNC(=O)C2CCCN2)CC1. The molecule has 0 radical (unpaired) electrons. The van der Waals surface area contributed by atoms with Gasteiger partial charge in [0.2, 0.25) is 15.9 Å². The van der Waals surface area contributed by atoms with E-state index in [1.54, 1.807) is 0 Å². The average Bonchev–Trinajstić information content (AvgIpc) is 2.89. The second-order valence-corrected chi connectivity index (χ2v) is 7.48. The number of carbonyl (C=O) groups is 1. The summed E-state index contributed by atoms with van der Waals surface area (Å²) >= 11 is 0. The van der Waals surface area contributed by atoms with Crippen LogP contribution in [0.15, 0.2) is 0 Å². The summed E-state index contributed by atoms with van der Waals surface area (Å²) in [6.07, 6.45) is 4.88. The summed E-state index contributed by atoms with van der Waals surface area (Å²) in [6.45, 7) is 2.72. The number of amides is 1. The summed E-state index contributed by atoms with van der Waals surface area (Å²) in [5.74, 6) is 0.478. The summed E-state index contributed by atoms with van der Waals surface area (Å²) < 4.78 is 24.3. The molecule has 2 fully saturated rings. The molecule has 0 aromatic rings. The Morgan fingerprint density at radius 2 is 2.00 bits per heavy atom. The quantitative estimate of drug-likeness (QED) is 0.733. The van der Waals surface area contributed by atoms with Gasteiger partial charge in [0.15, 0.2) is 0 Å².